The van der Waals surface area contributed by atoms with Gasteiger partial charge in [-0.15, -0.1) is 0 Å². The van der Waals surface area contributed by atoms with Crippen molar-refractivity contribution in [3.63, 3.8) is 0 Å². The number of methoxy groups -OCH3 is 1. The maximum Gasteiger partial charge on any atom is 0.0667 e. The molecule has 1 fully saturated rings. The molecule has 1 aromatic rings. The lowest BCUT2D eigenvalue weighted by Gasteiger charge is -2.22. The predicted octanol–water partition coefficient (Wildman–Crippen LogP) is 2.41. The average molecular weight is 248 g/mol. The van der Waals surface area contributed by atoms with Crippen molar-refractivity contribution < 1.29 is 4.74 Å². The fourth-order valence-corrected chi connectivity index (χ4v) is 2.42. The fourth-order valence-electron chi connectivity index (χ4n) is 2.42. The minimum Gasteiger partial charge on any atom is -0.380 e. The summed E-state index contributed by atoms with van der Waals surface area (Å²) in [5.41, 5.74) is 2.79. The summed E-state index contributed by atoms with van der Waals surface area (Å²) in [6.07, 6.45) is 2.91. The van der Waals surface area contributed by atoms with E-state index >= 15 is 0 Å². The summed E-state index contributed by atoms with van der Waals surface area (Å²) >= 11 is 0. The van der Waals surface area contributed by atoms with Crippen molar-refractivity contribution in [2.45, 2.75) is 32.4 Å². The van der Waals surface area contributed by atoms with Gasteiger partial charge in [0.1, 0.15) is 0 Å². The van der Waals surface area contributed by atoms with Gasteiger partial charge in [0.25, 0.3) is 0 Å². The van der Waals surface area contributed by atoms with Gasteiger partial charge in [0.15, 0.2) is 0 Å². The normalized spacial score (nSPS) is 17.1. The van der Waals surface area contributed by atoms with Gasteiger partial charge in [0.05, 0.1) is 6.10 Å². The first-order chi connectivity index (χ1) is 8.81. The SMILES string of the molecule is COC(C)CNCc1ccccc1N1CCCC1. The number of nitrogens with one attached hydrogen (secondary N) is 1. The monoisotopic (exact) mass is 248 g/mol. The Morgan fingerprint density at radius 3 is 2.72 bits per heavy atom. The second kappa shape index (κ2) is 6.76. The largest absolute Gasteiger partial charge is 0.380 e. The van der Waals surface area contributed by atoms with Crippen LogP contribution in [-0.4, -0.2) is 32.8 Å². The molecule has 0 radical (unpaired) electrons. The van der Waals surface area contributed by atoms with E-state index in [0.29, 0.717) is 0 Å². The molecule has 0 aromatic heterocycles. The van der Waals surface area contributed by atoms with Crippen LogP contribution in [0.2, 0.25) is 0 Å². The number of ether oxygens (including phenoxy) is 1. The quantitative estimate of drug-likeness (QED) is 0.836. The van der Waals surface area contributed by atoms with Crippen LogP contribution in [0, 0.1) is 0 Å². The minimum atomic E-state index is 0.268. The lowest BCUT2D eigenvalue weighted by molar-refractivity contribution is 0.117. The van der Waals surface area contributed by atoms with E-state index in [4.69, 9.17) is 4.74 Å². The highest BCUT2D eigenvalue weighted by molar-refractivity contribution is 5.54. The Morgan fingerprint density at radius 2 is 2.00 bits per heavy atom. The minimum absolute atomic E-state index is 0.268. The molecule has 1 atom stereocenters. The molecule has 3 nitrogen and oxygen atoms in total. The van der Waals surface area contributed by atoms with Crippen LogP contribution in [-0.2, 0) is 11.3 Å². The van der Waals surface area contributed by atoms with Gasteiger partial charge in [-0.1, -0.05) is 18.2 Å². The summed E-state index contributed by atoms with van der Waals surface area (Å²) in [5, 5.41) is 3.46. The van der Waals surface area contributed by atoms with E-state index in [9.17, 15) is 0 Å². The molecular formula is C15H24N2O. The number of benzene rings is 1. The molecule has 18 heavy (non-hydrogen) atoms. The van der Waals surface area contributed by atoms with Crippen LogP contribution in [0.4, 0.5) is 5.69 Å². The zero-order chi connectivity index (χ0) is 12.8. The van der Waals surface area contributed by atoms with Crippen LogP contribution >= 0.6 is 0 Å². The van der Waals surface area contributed by atoms with Crippen molar-refractivity contribution in [1.29, 1.82) is 0 Å². The van der Waals surface area contributed by atoms with E-state index in [2.05, 4.69) is 41.4 Å². The highest BCUT2D eigenvalue weighted by Crippen LogP contribution is 2.24. The molecule has 1 aliphatic heterocycles. The van der Waals surface area contributed by atoms with E-state index in [1.807, 2.05) is 0 Å². The van der Waals surface area contributed by atoms with Crippen molar-refractivity contribution in [1.82, 2.24) is 5.32 Å². The summed E-state index contributed by atoms with van der Waals surface area (Å²) < 4.78 is 5.25. The lowest BCUT2D eigenvalue weighted by Crippen LogP contribution is -2.27. The first-order valence-corrected chi connectivity index (χ1v) is 6.87. The summed E-state index contributed by atoms with van der Waals surface area (Å²) in [6.45, 7) is 6.29. The van der Waals surface area contributed by atoms with Crippen LogP contribution < -0.4 is 10.2 Å². The predicted molar refractivity (Wildman–Crippen MR) is 76.1 cm³/mol. The van der Waals surface area contributed by atoms with Crippen LogP contribution in [0.5, 0.6) is 0 Å². The van der Waals surface area contributed by atoms with Crippen molar-refractivity contribution in [3.05, 3.63) is 29.8 Å². The Labute approximate surface area is 110 Å². The first kappa shape index (κ1) is 13.4. The van der Waals surface area contributed by atoms with Gasteiger partial charge in [-0.25, -0.2) is 0 Å². The molecule has 1 N–H and O–H groups in total. The molecule has 1 aliphatic rings. The zero-order valence-electron chi connectivity index (χ0n) is 11.5. The molecule has 1 aromatic carbocycles. The Bertz CT molecular complexity index is 361. The molecule has 0 bridgehead atoms. The molecule has 0 aliphatic carbocycles. The Hall–Kier alpha value is -1.06. The Morgan fingerprint density at radius 1 is 1.28 bits per heavy atom. The summed E-state index contributed by atoms with van der Waals surface area (Å²) in [7, 11) is 1.75. The zero-order valence-corrected chi connectivity index (χ0v) is 11.5. The van der Waals surface area contributed by atoms with Crippen LogP contribution in [0.15, 0.2) is 24.3 Å². The third-order valence-corrected chi connectivity index (χ3v) is 3.59. The molecule has 0 spiro atoms. The second-order valence-corrected chi connectivity index (χ2v) is 5.00. The number of nitrogens with zero attached hydrogens (tertiary/aromatic N) is 1. The van der Waals surface area contributed by atoms with E-state index < -0.39 is 0 Å². The van der Waals surface area contributed by atoms with E-state index in [0.717, 1.165) is 13.1 Å². The highest BCUT2D eigenvalue weighted by atomic mass is 16.5. The summed E-state index contributed by atoms with van der Waals surface area (Å²) in [5.74, 6) is 0. The molecule has 0 saturated carbocycles. The standard InChI is InChI=1S/C15H24N2O/c1-13(18-2)11-16-12-14-7-3-4-8-15(14)17-9-5-6-10-17/h3-4,7-8,13,16H,5-6,9-12H2,1-2H3. The smallest absolute Gasteiger partial charge is 0.0667 e. The maximum atomic E-state index is 5.25. The first-order valence-electron chi connectivity index (χ1n) is 6.87. The second-order valence-electron chi connectivity index (χ2n) is 5.00. The van der Waals surface area contributed by atoms with Gasteiger partial charge in [0, 0.05) is 39.0 Å². The third kappa shape index (κ3) is 3.47. The van der Waals surface area contributed by atoms with Gasteiger partial charge in [-0.3, -0.25) is 0 Å². The van der Waals surface area contributed by atoms with Gasteiger partial charge >= 0.3 is 0 Å². The molecule has 3 heteroatoms. The number of hydrogen-bond acceptors (Lipinski definition) is 3. The maximum absolute atomic E-state index is 5.25. The van der Waals surface area contributed by atoms with Crippen molar-refractivity contribution >= 4 is 5.69 Å². The van der Waals surface area contributed by atoms with E-state index in [1.165, 1.54) is 37.2 Å². The fraction of sp³-hybridized carbons (Fsp3) is 0.600. The third-order valence-electron chi connectivity index (χ3n) is 3.59. The summed E-state index contributed by atoms with van der Waals surface area (Å²) in [4.78, 5) is 2.50. The molecular weight excluding hydrogens is 224 g/mol. The van der Waals surface area contributed by atoms with Crippen molar-refractivity contribution in [3.8, 4) is 0 Å². The molecule has 1 saturated heterocycles. The molecule has 100 valence electrons. The molecule has 0 amide bonds. The molecule has 1 unspecified atom stereocenters. The van der Waals surface area contributed by atoms with Gasteiger partial charge < -0.3 is 15.0 Å². The van der Waals surface area contributed by atoms with Crippen molar-refractivity contribution in [2.24, 2.45) is 0 Å². The van der Waals surface area contributed by atoms with Crippen molar-refractivity contribution in [2.75, 3.05) is 31.6 Å². The summed E-state index contributed by atoms with van der Waals surface area (Å²) in [6, 6.07) is 8.71. The highest BCUT2D eigenvalue weighted by Gasteiger charge is 2.14. The van der Waals surface area contributed by atoms with Crippen LogP contribution in [0.25, 0.3) is 0 Å². The Kier molecular flexibility index (Phi) is 5.02. The van der Waals surface area contributed by atoms with Crippen LogP contribution in [0.3, 0.4) is 0 Å². The van der Waals surface area contributed by atoms with Crippen LogP contribution in [0.1, 0.15) is 25.3 Å². The lowest BCUT2D eigenvalue weighted by atomic mass is 10.1. The van der Waals surface area contributed by atoms with Gasteiger partial charge in [0.2, 0.25) is 0 Å². The number of para-hydroxylation sites is 1. The Balaban J connectivity index is 1.94. The molecule has 1 heterocycles. The number of anilines is 1. The number of rotatable bonds is 6. The topological polar surface area (TPSA) is 24.5 Å². The van der Waals surface area contributed by atoms with Gasteiger partial charge in [-0.2, -0.15) is 0 Å². The van der Waals surface area contributed by atoms with E-state index in [1.54, 1.807) is 7.11 Å². The number of hydrogen-bond donors (Lipinski definition) is 1. The van der Waals surface area contributed by atoms with E-state index in [-0.39, 0.29) is 6.10 Å². The molecule has 2 rings (SSSR count). The van der Waals surface area contributed by atoms with Gasteiger partial charge in [-0.05, 0) is 31.4 Å². The average Bonchev–Trinajstić information content (AvgIpc) is 2.93.